The van der Waals surface area contributed by atoms with E-state index in [4.69, 9.17) is 0 Å². The summed E-state index contributed by atoms with van der Waals surface area (Å²) < 4.78 is 2.39. The Bertz CT molecular complexity index is 1920. The van der Waals surface area contributed by atoms with Crippen LogP contribution in [0.25, 0.3) is 0 Å². The SMILES string of the molecule is CCCCCc1cccc(C([SiH2]c2ccccc2)(c2cccc(CCCCC)c2)n2ccnc2)c1.c1ccc(B(c2ccccc2)c2ccccc2)cc1. The first-order valence-corrected chi connectivity index (χ1v) is 21.5. The lowest BCUT2D eigenvalue weighted by molar-refractivity contribution is 0.594. The average molecular weight is 723 g/mol. The normalized spacial score (nSPS) is 11.3. The third kappa shape index (κ3) is 10.1. The maximum Gasteiger partial charge on any atom is 0.241 e. The van der Waals surface area contributed by atoms with Gasteiger partial charge in [0.15, 0.2) is 0 Å². The molecule has 0 saturated heterocycles. The minimum absolute atomic E-state index is 0.223. The maximum absolute atomic E-state index is 4.53. The van der Waals surface area contributed by atoms with Gasteiger partial charge in [-0.05, 0) is 47.9 Å². The van der Waals surface area contributed by atoms with E-state index in [9.17, 15) is 0 Å². The monoisotopic (exact) mass is 722 g/mol. The van der Waals surface area contributed by atoms with E-state index in [0.29, 0.717) is 6.71 Å². The van der Waals surface area contributed by atoms with Crippen LogP contribution in [0, 0.1) is 0 Å². The van der Waals surface area contributed by atoms with Crippen molar-refractivity contribution in [3.8, 4) is 0 Å². The first kappa shape index (κ1) is 38.5. The molecule has 7 rings (SSSR count). The summed E-state index contributed by atoms with van der Waals surface area (Å²) >= 11 is 0. The third-order valence-electron chi connectivity index (χ3n) is 10.6. The number of benzene rings is 6. The Balaban J connectivity index is 0.000000219. The van der Waals surface area contributed by atoms with Crippen molar-refractivity contribution in [2.75, 3.05) is 0 Å². The highest BCUT2D eigenvalue weighted by molar-refractivity contribution is 6.95. The van der Waals surface area contributed by atoms with Crippen molar-refractivity contribution in [1.82, 2.24) is 9.55 Å². The van der Waals surface area contributed by atoms with Crippen LogP contribution < -0.4 is 21.6 Å². The van der Waals surface area contributed by atoms with Gasteiger partial charge in [-0.25, -0.2) is 4.98 Å². The molecule has 0 radical (unpaired) electrons. The van der Waals surface area contributed by atoms with Crippen molar-refractivity contribution in [3.05, 3.63) is 211 Å². The second-order valence-corrected chi connectivity index (χ2v) is 16.7. The third-order valence-corrected chi connectivity index (χ3v) is 13.2. The molecule has 54 heavy (non-hydrogen) atoms. The summed E-state index contributed by atoms with van der Waals surface area (Å²) in [6.07, 6.45) is 16.0. The molecule has 7 aromatic rings. The lowest BCUT2D eigenvalue weighted by atomic mass is 9.37. The molecule has 0 aliphatic rings. The van der Waals surface area contributed by atoms with Crippen molar-refractivity contribution in [2.24, 2.45) is 0 Å². The van der Waals surface area contributed by atoms with Crippen LogP contribution in [-0.4, -0.2) is 25.8 Å². The molecule has 0 atom stereocenters. The maximum atomic E-state index is 4.53. The predicted octanol–water partition coefficient (Wildman–Crippen LogP) is 8.80. The van der Waals surface area contributed by atoms with E-state index in [2.05, 4.69) is 199 Å². The van der Waals surface area contributed by atoms with E-state index in [1.165, 1.54) is 82.4 Å². The van der Waals surface area contributed by atoms with E-state index in [1.807, 2.05) is 12.5 Å². The van der Waals surface area contributed by atoms with Gasteiger partial charge in [-0.1, -0.05) is 231 Å². The minimum Gasteiger partial charge on any atom is -0.326 e. The molecule has 0 bridgehead atoms. The zero-order valence-corrected chi connectivity index (χ0v) is 33.6. The van der Waals surface area contributed by atoms with E-state index >= 15 is 0 Å². The smallest absolute Gasteiger partial charge is 0.241 e. The predicted molar refractivity (Wildman–Crippen MR) is 236 cm³/mol. The van der Waals surface area contributed by atoms with Gasteiger partial charge in [-0.2, -0.15) is 0 Å². The molecule has 0 amide bonds. The zero-order chi connectivity index (χ0) is 37.3. The summed E-state index contributed by atoms with van der Waals surface area (Å²) in [4.78, 5) is 4.53. The molecule has 0 fully saturated rings. The highest BCUT2D eigenvalue weighted by atomic mass is 28.2. The number of imidazole rings is 1. The molecular weight excluding hydrogens is 667 g/mol. The quantitative estimate of drug-likeness (QED) is 0.0721. The standard InChI is InChI=1S/C32H40N2Si.C18H15B/c1-3-5-8-14-27-16-12-18-29(24-27)32(34-23-22-33-26-34,35-31-20-10-7-11-21-31)30-19-13-17-28(25-30)15-9-6-4-2;1-4-10-16(11-5-1)19(17-12-6-2-7-13-17)18-14-8-3-9-15-18/h7,10-13,16-26H,3-6,8-9,14-15,35H2,1-2H3;1-15H. The van der Waals surface area contributed by atoms with Crippen LogP contribution >= 0.6 is 0 Å². The average Bonchev–Trinajstić information content (AvgIpc) is 3.78. The Kier molecular flexibility index (Phi) is 14.5. The van der Waals surface area contributed by atoms with E-state index in [1.54, 1.807) is 0 Å². The summed E-state index contributed by atoms with van der Waals surface area (Å²) in [7, 11) is -0.826. The van der Waals surface area contributed by atoms with Crippen molar-refractivity contribution < 1.29 is 0 Å². The van der Waals surface area contributed by atoms with Crippen LogP contribution in [0.15, 0.2) is 189 Å². The van der Waals surface area contributed by atoms with Gasteiger partial charge in [0.25, 0.3) is 0 Å². The molecular formula is C50H55BN2Si. The topological polar surface area (TPSA) is 17.8 Å². The molecule has 6 aromatic carbocycles. The Hall–Kier alpha value is -5.19. The fraction of sp³-hybridized carbons (Fsp3) is 0.220. The van der Waals surface area contributed by atoms with Crippen LogP contribution in [0.4, 0.5) is 0 Å². The number of hydrogen-bond donors (Lipinski definition) is 0. The number of hydrogen-bond acceptors (Lipinski definition) is 1. The van der Waals surface area contributed by atoms with Crippen molar-refractivity contribution >= 4 is 37.8 Å². The molecule has 4 heteroatoms. The lowest BCUT2D eigenvalue weighted by Gasteiger charge is -2.37. The Morgan fingerprint density at radius 1 is 0.519 bits per heavy atom. The van der Waals surface area contributed by atoms with Gasteiger partial charge in [-0.15, -0.1) is 0 Å². The highest BCUT2D eigenvalue weighted by Gasteiger charge is 2.37. The Morgan fingerprint density at radius 2 is 0.963 bits per heavy atom. The first-order chi connectivity index (χ1) is 26.7. The van der Waals surface area contributed by atoms with Gasteiger partial charge < -0.3 is 4.57 Å². The summed E-state index contributed by atoms with van der Waals surface area (Å²) in [5, 5.41) is 1.24. The van der Waals surface area contributed by atoms with Crippen LogP contribution in [0.1, 0.15) is 74.6 Å². The number of aryl methyl sites for hydroxylation is 2. The second kappa shape index (κ2) is 20.3. The van der Waals surface area contributed by atoms with Crippen LogP contribution in [0.3, 0.4) is 0 Å². The molecule has 272 valence electrons. The van der Waals surface area contributed by atoms with Gasteiger partial charge in [0.2, 0.25) is 6.71 Å². The van der Waals surface area contributed by atoms with Gasteiger partial charge >= 0.3 is 0 Å². The lowest BCUT2D eigenvalue weighted by Crippen LogP contribution is -2.51. The molecule has 2 nitrogen and oxygen atoms in total. The summed E-state index contributed by atoms with van der Waals surface area (Å²) in [6.45, 7) is 4.86. The second-order valence-electron chi connectivity index (χ2n) is 14.5. The van der Waals surface area contributed by atoms with Gasteiger partial charge in [0, 0.05) is 12.4 Å². The zero-order valence-electron chi connectivity index (χ0n) is 32.2. The van der Waals surface area contributed by atoms with Crippen molar-refractivity contribution in [3.63, 3.8) is 0 Å². The van der Waals surface area contributed by atoms with E-state index < -0.39 is 9.52 Å². The summed E-state index contributed by atoms with van der Waals surface area (Å²) in [5.41, 5.74) is 9.68. The van der Waals surface area contributed by atoms with Crippen LogP contribution in [-0.2, 0) is 18.0 Å². The Labute approximate surface area is 327 Å². The van der Waals surface area contributed by atoms with E-state index in [0.717, 1.165) is 12.8 Å². The molecule has 0 aliphatic carbocycles. The fourth-order valence-electron chi connectivity index (χ4n) is 7.78. The van der Waals surface area contributed by atoms with Crippen LogP contribution in [0.2, 0.25) is 0 Å². The van der Waals surface area contributed by atoms with E-state index in [-0.39, 0.29) is 5.16 Å². The number of nitrogens with zero attached hydrogens (tertiary/aromatic N) is 2. The molecule has 0 spiro atoms. The Morgan fingerprint density at radius 3 is 1.37 bits per heavy atom. The van der Waals surface area contributed by atoms with Gasteiger partial charge in [0.05, 0.1) is 21.0 Å². The van der Waals surface area contributed by atoms with Gasteiger partial charge in [-0.3, -0.25) is 0 Å². The number of rotatable bonds is 16. The molecule has 1 heterocycles. The number of aromatic nitrogens is 2. The van der Waals surface area contributed by atoms with Crippen LogP contribution in [0.5, 0.6) is 0 Å². The number of unbranched alkanes of at least 4 members (excludes halogenated alkanes) is 4. The summed E-state index contributed by atoms with van der Waals surface area (Å²) in [5.74, 6) is 0. The fourth-order valence-corrected chi connectivity index (χ4v) is 10.1. The molecule has 0 unspecified atom stereocenters. The first-order valence-electron chi connectivity index (χ1n) is 20.1. The molecule has 0 saturated carbocycles. The van der Waals surface area contributed by atoms with Crippen molar-refractivity contribution in [2.45, 2.75) is 70.4 Å². The minimum atomic E-state index is -0.826. The largest absolute Gasteiger partial charge is 0.326 e. The highest BCUT2D eigenvalue weighted by Crippen LogP contribution is 2.35. The molecule has 0 aliphatic heterocycles. The molecule has 0 N–H and O–H groups in total. The summed E-state index contributed by atoms with van der Waals surface area (Å²) in [6, 6.07) is 62.0. The van der Waals surface area contributed by atoms with Crippen molar-refractivity contribution in [1.29, 1.82) is 0 Å². The molecule has 1 aromatic heterocycles. The van der Waals surface area contributed by atoms with Gasteiger partial charge in [0.1, 0.15) is 0 Å².